The molecule has 4 aromatic rings. The van der Waals surface area contributed by atoms with Gasteiger partial charge < -0.3 is 29.2 Å². The number of ether oxygens (including phenoxy) is 2. The Labute approximate surface area is 202 Å². The van der Waals surface area contributed by atoms with Crippen LogP contribution in [-0.2, 0) is 17.8 Å². The molecule has 0 saturated carbocycles. The number of methoxy groups -OCH3 is 1. The van der Waals surface area contributed by atoms with Crippen molar-refractivity contribution in [3.05, 3.63) is 47.8 Å². The standard InChI is InChI=1S/C26H28FN5O3/c1-34-9-7-31-21-5-4-18(27)11-16(21)13-22(31)25-29-20-12-17(14-23-24(20)32(25)8-10-35-23)26(33)30-6-2-3-19(28)15-30/h4-5,11-14,19H,2-3,6-10,15,28H2,1H3/t19-/m1/s1. The lowest BCUT2D eigenvalue weighted by molar-refractivity contribution is 0.0708. The monoisotopic (exact) mass is 477 g/mol. The molecule has 4 heterocycles. The second-order valence-corrected chi connectivity index (χ2v) is 9.31. The minimum Gasteiger partial charge on any atom is -0.489 e. The fourth-order valence-corrected chi connectivity index (χ4v) is 5.35. The summed E-state index contributed by atoms with van der Waals surface area (Å²) in [6.07, 6.45) is 1.84. The van der Waals surface area contributed by atoms with E-state index in [9.17, 15) is 9.18 Å². The molecule has 1 saturated heterocycles. The first-order chi connectivity index (χ1) is 17.0. The number of halogens is 1. The van der Waals surface area contributed by atoms with Gasteiger partial charge in [-0.2, -0.15) is 0 Å². The van der Waals surface area contributed by atoms with Crippen LogP contribution < -0.4 is 10.5 Å². The smallest absolute Gasteiger partial charge is 0.254 e. The molecule has 6 rings (SSSR count). The summed E-state index contributed by atoms with van der Waals surface area (Å²) in [4.78, 5) is 20.1. The van der Waals surface area contributed by atoms with E-state index in [1.807, 2.05) is 23.1 Å². The molecule has 0 unspecified atom stereocenters. The molecule has 182 valence electrons. The average Bonchev–Trinajstić information content (AvgIpc) is 3.40. The van der Waals surface area contributed by atoms with Crippen LogP contribution in [0.25, 0.3) is 33.5 Å². The van der Waals surface area contributed by atoms with Crippen LogP contribution in [0.3, 0.4) is 0 Å². The van der Waals surface area contributed by atoms with Crippen molar-refractivity contribution < 1.29 is 18.7 Å². The highest BCUT2D eigenvalue weighted by atomic mass is 19.1. The Hall–Kier alpha value is -3.43. The number of nitrogens with two attached hydrogens (primary N) is 1. The lowest BCUT2D eigenvalue weighted by Crippen LogP contribution is -2.45. The number of rotatable bonds is 5. The maximum absolute atomic E-state index is 14.0. The van der Waals surface area contributed by atoms with Crippen molar-refractivity contribution in [2.45, 2.75) is 32.0 Å². The van der Waals surface area contributed by atoms with E-state index in [1.54, 1.807) is 13.2 Å². The fourth-order valence-electron chi connectivity index (χ4n) is 5.35. The third kappa shape index (κ3) is 3.75. The number of carbonyl (C=O) groups is 1. The van der Waals surface area contributed by atoms with E-state index in [0.29, 0.717) is 56.2 Å². The van der Waals surface area contributed by atoms with Gasteiger partial charge in [0.1, 0.15) is 23.7 Å². The molecule has 2 N–H and O–H groups in total. The summed E-state index contributed by atoms with van der Waals surface area (Å²) < 4.78 is 29.6. The maximum atomic E-state index is 14.0. The molecule has 2 aliphatic rings. The molecule has 1 amide bonds. The van der Waals surface area contributed by atoms with E-state index in [0.717, 1.165) is 40.8 Å². The first-order valence-corrected chi connectivity index (χ1v) is 12.0. The molecule has 35 heavy (non-hydrogen) atoms. The molecule has 2 aromatic carbocycles. The molecule has 8 nitrogen and oxygen atoms in total. The number of hydrogen-bond acceptors (Lipinski definition) is 5. The van der Waals surface area contributed by atoms with Crippen molar-refractivity contribution in [2.24, 2.45) is 5.73 Å². The first-order valence-electron chi connectivity index (χ1n) is 12.0. The zero-order valence-electron chi connectivity index (χ0n) is 19.7. The van der Waals surface area contributed by atoms with E-state index in [4.69, 9.17) is 20.2 Å². The summed E-state index contributed by atoms with van der Waals surface area (Å²) in [7, 11) is 1.66. The van der Waals surface area contributed by atoms with E-state index in [-0.39, 0.29) is 17.8 Å². The lowest BCUT2D eigenvalue weighted by Gasteiger charge is -2.31. The average molecular weight is 478 g/mol. The molecular formula is C26H28FN5O3. The number of carbonyl (C=O) groups excluding carboxylic acids is 1. The van der Waals surface area contributed by atoms with Gasteiger partial charge in [0.05, 0.1) is 24.4 Å². The zero-order chi connectivity index (χ0) is 24.1. The van der Waals surface area contributed by atoms with Gasteiger partial charge in [-0.15, -0.1) is 0 Å². The van der Waals surface area contributed by atoms with Crippen molar-refractivity contribution >= 4 is 27.8 Å². The number of amides is 1. The van der Waals surface area contributed by atoms with Crippen LogP contribution in [0.5, 0.6) is 5.75 Å². The normalized spacial score (nSPS) is 17.8. The highest BCUT2D eigenvalue weighted by Gasteiger charge is 2.27. The molecule has 2 aliphatic heterocycles. The van der Waals surface area contributed by atoms with Gasteiger partial charge in [0.15, 0.2) is 5.82 Å². The van der Waals surface area contributed by atoms with Crippen LogP contribution in [0.2, 0.25) is 0 Å². The number of aromatic nitrogens is 3. The van der Waals surface area contributed by atoms with Gasteiger partial charge in [-0.25, -0.2) is 9.37 Å². The van der Waals surface area contributed by atoms with Gasteiger partial charge in [-0.1, -0.05) is 0 Å². The molecule has 0 bridgehead atoms. The van der Waals surface area contributed by atoms with Crippen LogP contribution >= 0.6 is 0 Å². The third-order valence-corrected chi connectivity index (χ3v) is 6.98. The summed E-state index contributed by atoms with van der Waals surface area (Å²) >= 11 is 0. The summed E-state index contributed by atoms with van der Waals surface area (Å²) in [6, 6.07) is 10.4. The highest BCUT2D eigenvalue weighted by Crippen LogP contribution is 2.37. The number of benzene rings is 2. The van der Waals surface area contributed by atoms with Crippen molar-refractivity contribution in [3.63, 3.8) is 0 Å². The topological polar surface area (TPSA) is 87.5 Å². The molecule has 9 heteroatoms. The minimum atomic E-state index is -0.279. The summed E-state index contributed by atoms with van der Waals surface area (Å²) in [5, 5.41) is 0.806. The van der Waals surface area contributed by atoms with Crippen LogP contribution in [-0.4, -0.2) is 64.4 Å². The van der Waals surface area contributed by atoms with Gasteiger partial charge in [0.2, 0.25) is 0 Å². The number of hydrogen-bond donors (Lipinski definition) is 1. The molecule has 0 spiro atoms. The maximum Gasteiger partial charge on any atom is 0.254 e. The van der Waals surface area contributed by atoms with Gasteiger partial charge >= 0.3 is 0 Å². The Morgan fingerprint density at radius 2 is 2.14 bits per heavy atom. The van der Waals surface area contributed by atoms with Crippen LogP contribution in [0, 0.1) is 5.82 Å². The number of imidazole rings is 1. The Bertz CT molecular complexity index is 1440. The fraction of sp³-hybridized carbons (Fsp3) is 0.385. The molecule has 1 atom stereocenters. The number of nitrogens with zero attached hydrogens (tertiary/aromatic N) is 4. The quantitative estimate of drug-likeness (QED) is 0.476. The van der Waals surface area contributed by atoms with Crippen molar-refractivity contribution in [2.75, 3.05) is 33.4 Å². The molecule has 2 aromatic heterocycles. The van der Waals surface area contributed by atoms with E-state index >= 15 is 0 Å². The number of fused-ring (bicyclic) bond motifs is 1. The Morgan fingerprint density at radius 3 is 2.97 bits per heavy atom. The molecule has 1 fully saturated rings. The molecule has 0 radical (unpaired) electrons. The van der Waals surface area contributed by atoms with Crippen molar-refractivity contribution in [1.29, 1.82) is 0 Å². The van der Waals surface area contributed by atoms with E-state index < -0.39 is 0 Å². The van der Waals surface area contributed by atoms with Crippen LogP contribution in [0.15, 0.2) is 36.4 Å². The van der Waals surface area contributed by atoms with Gasteiger partial charge in [-0.3, -0.25) is 4.79 Å². The van der Waals surface area contributed by atoms with Crippen molar-refractivity contribution in [3.8, 4) is 17.3 Å². The molecular weight excluding hydrogens is 449 g/mol. The van der Waals surface area contributed by atoms with Gasteiger partial charge in [-0.05, 0) is 49.2 Å². The summed E-state index contributed by atoms with van der Waals surface area (Å²) in [6.45, 7) is 3.49. The van der Waals surface area contributed by atoms with Crippen LogP contribution in [0.4, 0.5) is 4.39 Å². The summed E-state index contributed by atoms with van der Waals surface area (Å²) in [5.41, 5.74) is 10.0. The number of piperidine rings is 1. The van der Waals surface area contributed by atoms with Crippen molar-refractivity contribution in [1.82, 2.24) is 19.0 Å². The second-order valence-electron chi connectivity index (χ2n) is 9.31. The van der Waals surface area contributed by atoms with E-state index in [2.05, 4.69) is 9.13 Å². The highest BCUT2D eigenvalue weighted by molar-refractivity contribution is 6.00. The molecule has 0 aliphatic carbocycles. The zero-order valence-corrected chi connectivity index (χ0v) is 19.7. The van der Waals surface area contributed by atoms with Gasteiger partial charge in [0.25, 0.3) is 5.91 Å². The lowest BCUT2D eigenvalue weighted by atomic mass is 10.0. The largest absolute Gasteiger partial charge is 0.489 e. The predicted molar refractivity (Wildman–Crippen MR) is 131 cm³/mol. The van der Waals surface area contributed by atoms with Crippen LogP contribution in [0.1, 0.15) is 23.2 Å². The van der Waals surface area contributed by atoms with E-state index in [1.165, 1.54) is 12.1 Å². The second kappa shape index (κ2) is 8.66. The minimum absolute atomic E-state index is 0.00991. The number of likely N-dealkylation sites (tertiary alicyclic amines) is 1. The van der Waals surface area contributed by atoms with Gasteiger partial charge in [0, 0.05) is 49.3 Å². The Kier molecular flexibility index (Phi) is 5.46. The Balaban J connectivity index is 1.49. The third-order valence-electron chi connectivity index (χ3n) is 6.98. The first kappa shape index (κ1) is 22.1. The summed E-state index contributed by atoms with van der Waals surface area (Å²) in [5.74, 6) is 1.09. The predicted octanol–water partition coefficient (Wildman–Crippen LogP) is 3.40. The SMILES string of the molecule is COCCn1c(-c2nc3cc(C(=O)N4CCC[C@@H](N)C4)cc4c3n2CCO4)cc2cc(F)ccc21. The Morgan fingerprint density at radius 1 is 1.26 bits per heavy atom.